The van der Waals surface area contributed by atoms with Crippen molar-refractivity contribution in [1.82, 2.24) is 0 Å². The van der Waals surface area contributed by atoms with E-state index in [0.29, 0.717) is 11.3 Å². The molecule has 0 atom stereocenters. The summed E-state index contributed by atoms with van der Waals surface area (Å²) in [5.41, 5.74) is 6.28. The van der Waals surface area contributed by atoms with E-state index >= 15 is 0 Å². The van der Waals surface area contributed by atoms with Gasteiger partial charge in [0.2, 0.25) is 10.0 Å². The van der Waals surface area contributed by atoms with Crippen molar-refractivity contribution in [2.75, 3.05) is 24.2 Å². The van der Waals surface area contributed by atoms with E-state index in [1.807, 2.05) is 0 Å². The fourth-order valence-electron chi connectivity index (χ4n) is 1.41. The summed E-state index contributed by atoms with van der Waals surface area (Å²) in [5.74, 6) is -1.58. The predicted molar refractivity (Wildman–Crippen MR) is 76.5 cm³/mol. The summed E-state index contributed by atoms with van der Waals surface area (Å²) < 4.78 is 29.4. The molecule has 0 spiro atoms. The highest BCUT2D eigenvalue weighted by Crippen LogP contribution is 2.21. The van der Waals surface area contributed by atoms with Crippen LogP contribution in [-0.2, 0) is 19.6 Å². The van der Waals surface area contributed by atoms with E-state index in [1.54, 1.807) is 24.3 Å². The van der Waals surface area contributed by atoms with Gasteiger partial charge in [0.05, 0.1) is 12.8 Å². The fraction of sp³-hybridized carbons (Fsp3) is 0.273. The Bertz CT molecular complexity index is 598. The summed E-state index contributed by atoms with van der Waals surface area (Å²) >= 11 is 4.87. The number of sulfonamides is 1. The molecular weight excluding hydrogens is 288 g/mol. The van der Waals surface area contributed by atoms with Crippen LogP contribution in [0.25, 0.3) is 0 Å². The van der Waals surface area contributed by atoms with Gasteiger partial charge < -0.3 is 10.5 Å². The van der Waals surface area contributed by atoms with Gasteiger partial charge in [-0.1, -0.05) is 24.4 Å². The summed E-state index contributed by atoms with van der Waals surface area (Å²) in [7, 11) is -1.38. The normalized spacial score (nSPS) is 10.8. The lowest BCUT2D eigenvalue weighted by Crippen LogP contribution is -2.34. The van der Waals surface area contributed by atoms with E-state index in [4.69, 9.17) is 18.0 Å². The van der Waals surface area contributed by atoms with Crippen molar-refractivity contribution >= 4 is 38.9 Å². The van der Waals surface area contributed by atoms with Crippen LogP contribution < -0.4 is 10.0 Å². The van der Waals surface area contributed by atoms with Crippen LogP contribution in [0, 0.1) is 0 Å². The second-order valence-corrected chi connectivity index (χ2v) is 6.12. The SMILES string of the molecule is COC(=O)CS(=O)(=O)N(C)c1ccccc1C(N)=S. The fourth-order valence-corrected chi connectivity index (χ4v) is 2.65. The number of hydrogen-bond acceptors (Lipinski definition) is 5. The maximum Gasteiger partial charge on any atom is 0.322 e. The van der Waals surface area contributed by atoms with E-state index in [9.17, 15) is 13.2 Å². The van der Waals surface area contributed by atoms with Crippen LogP contribution in [-0.4, -0.2) is 39.3 Å². The molecule has 1 aromatic carbocycles. The Hall–Kier alpha value is -1.67. The number of benzene rings is 1. The summed E-state index contributed by atoms with van der Waals surface area (Å²) in [6.07, 6.45) is 0. The van der Waals surface area contributed by atoms with Gasteiger partial charge >= 0.3 is 5.97 Å². The zero-order valence-electron chi connectivity index (χ0n) is 10.5. The largest absolute Gasteiger partial charge is 0.468 e. The third-order valence-corrected chi connectivity index (χ3v) is 4.31. The number of nitrogens with zero attached hydrogens (tertiary/aromatic N) is 1. The van der Waals surface area contributed by atoms with Gasteiger partial charge in [0.1, 0.15) is 4.99 Å². The number of rotatable bonds is 5. The van der Waals surface area contributed by atoms with Crippen molar-refractivity contribution in [2.45, 2.75) is 0 Å². The van der Waals surface area contributed by atoms with Crippen LogP contribution >= 0.6 is 12.2 Å². The highest BCUT2D eigenvalue weighted by Gasteiger charge is 2.24. The zero-order chi connectivity index (χ0) is 14.6. The molecule has 19 heavy (non-hydrogen) atoms. The standard InChI is InChI=1S/C11H14N2O4S2/c1-13(19(15,16)7-10(14)17-2)9-6-4-3-5-8(9)11(12)18/h3-6H,7H2,1-2H3,(H2,12,18). The van der Waals surface area contributed by atoms with Crippen LogP contribution in [0.5, 0.6) is 0 Å². The van der Waals surface area contributed by atoms with Crippen molar-refractivity contribution in [1.29, 1.82) is 0 Å². The summed E-state index contributed by atoms with van der Waals surface area (Å²) in [5, 5.41) is 0. The highest BCUT2D eigenvalue weighted by atomic mass is 32.2. The average Bonchev–Trinajstić information content (AvgIpc) is 2.37. The van der Waals surface area contributed by atoms with Crippen LogP contribution in [0.2, 0.25) is 0 Å². The van der Waals surface area contributed by atoms with Gasteiger partial charge in [-0.3, -0.25) is 9.10 Å². The number of nitrogens with two attached hydrogens (primary N) is 1. The Kier molecular flexibility index (Phi) is 4.84. The monoisotopic (exact) mass is 302 g/mol. The number of carbonyl (C=O) groups excluding carboxylic acids is 1. The number of thiocarbonyl (C=S) groups is 1. The number of methoxy groups -OCH3 is 1. The van der Waals surface area contributed by atoms with Crippen LogP contribution in [0.15, 0.2) is 24.3 Å². The maximum absolute atomic E-state index is 12.0. The average molecular weight is 302 g/mol. The van der Waals surface area contributed by atoms with Crippen molar-refractivity contribution in [3.05, 3.63) is 29.8 Å². The Balaban J connectivity index is 3.17. The third kappa shape index (κ3) is 3.65. The molecule has 0 fully saturated rings. The molecule has 0 saturated carbocycles. The minimum atomic E-state index is -3.84. The molecule has 0 aliphatic carbocycles. The molecule has 0 aliphatic rings. The molecule has 0 aliphatic heterocycles. The smallest absolute Gasteiger partial charge is 0.322 e. The zero-order valence-corrected chi connectivity index (χ0v) is 12.1. The van der Waals surface area contributed by atoms with E-state index < -0.39 is 21.7 Å². The van der Waals surface area contributed by atoms with E-state index in [1.165, 1.54) is 7.05 Å². The molecule has 0 aromatic heterocycles. The highest BCUT2D eigenvalue weighted by molar-refractivity contribution is 7.93. The van der Waals surface area contributed by atoms with Gasteiger partial charge in [0, 0.05) is 12.6 Å². The lowest BCUT2D eigenvalue weighted by Gasteiger charge is -2.21. The minimum absolute atomic E-state index is 0.0794. The lowest BCUT2D eigenvalue weighted by atomic mass is 10.2. The molecule has 1 aromatic rings. The van der Waals surface area contributed by atoms with E-state index in [-0.39, 0.29) is 4.99 Å². The van der Waals surface area contributed by atoms with E-state index in [2.05, 4.69) is 4.74 Å². The summed E-state index contributed by atoms with van der Waals surface area (Å²) in [6, 6.07) is 6.52. The van der Waals surface area contributed by atoms with Crippen LogP contribution in [0.3, 0.4) is 0 Å². The molecule has 0 unspecified atom stereocenters. The van der Waals surface area contributed by atoms with Crippen molar-refractivity contribution in [3.63, 3.8) is 0 Å². The number of hydrogen-bond donors (Lipinski definition) is 1. The molecule has 0 saturated heterocycles. The van der Waals surface area contributed by atoms with Crippen molar-refractivity contribution in [2.24, 2.45) is 5.73 Å². The van der Waals surface area contributed by atoms with Gasteiger partial charge in [0.25, 0.3) is 0 Å². The molecule has 1 rings (SSSR count). The van der Waals surface area contributed by atoms with Gasteiger partial charge in [-0.05, 0) is 12.1 Å². The molecule has 104 valence electrons. The van der Waals surface area contributed by atoms with Gasteiger partial charge in [0.15, 0.2) is 5.75 Å². The minimum Gasteiger partial charge on any atom is -0.468 e. The molecule has 0 radical (unpaired) electrons. The third-order valence-electron chi connectivity index (χ3n) is 2.45. The van der Waals surface area contributed by atoms with Crippen molar-refractivity contribution < 1.29 is 17.9 Å². The topological polar surface area (TPSA) is 89.7 Å². The van der Waals surface area contributed by atoms with Crippen LogP contribution in [0.4, 0.5) is 5.69 Å². The molecule has 0 amide bonds. The van der Waals surface area contributed by atoms with Crippen LogP contribution in [0.1, 0.15) is 5.56 Å². The van der Waals surface area contributed by atoms with Gasteiger partial charge in [-0.15, -0.1) is 0 Å². The predicted octanol–water partition coefficient (Wildman–Crippen LogP) is 0.260. The molecule has 2 N–H and O–H groups in total. The van der Waals surface area contributed by atoms with Gasteiger partial charge in [-0.2, -0.15) is 0 Å². The second kappa shape index (κ2) is 5.98. The van der Waals surface area contributed by atoms with Crippen molar-refractivity contribution in [3.8, 4) is 0 Å². The Labute approximate surface area is 117 Å². The first-order chi connectivity index (χ1) is 8.79. The number of anilines is 1. The van der Waals surface area contributed by atoms with Gasteiger partial charge in [-0.25, -0.2) is 8.42 Å². The Morgan fingerprint density at radius 3 is 2.53 bits per heavy atom. The first-order valence-electron chi connectivity index (χ1n) is 5.22. The molecular formula is C11H14N2O4S2. The Morgan fingerprint density at radius 1 is 1.42 bits per heavy atom. The first kappa shape index (κ1) is 15.4. The maximum atomic E-state index is 12.0. The number of esters is 1. The second-order valence-electron chi connectivity index (χ2n) is 3.68. The molecule has 0 bridgehead atoms. The first-order valence-corrected chi connectivity index (χ1v) is 7.23. The summed E-state index contributed by atoms with van der Waals surface area (Å²) in [4.78, 5) is 11.2. The number of ether oxygens (including phenoxy) is 1. The Morgan fingerprint density at radius 2 is 2.00 bits per heavy atom. The lowest BCUT2D eigenvalue weighted by molar-refractivity contribution is -0.137. The molecule has 6 nitrogen and oxygen atoms in total. The molecule has 8 heteroatoms. The summed E-state index contributed by atoms with van der Waals surface area (Å²) in [6.45, 7) is 0. The molecule has 0 heterocycles. The van der Waals surface area contributed by atoms with E-state index in [0.717, 1.165) is 11.4 Å². The number of carbonyl (C=O) groups is 1. The number of para-hydroxylation sites is 1. The quantitative estimate of drug-likeness (QED) is 0.620.